The first-order valence-electron chi connectivity index (χ1n) is 10.4. The molecule has 5 nitrogen and oxygen atoms in total. The third-order valence-corrected chi connectivity index (χ3v) is 6.03. The second-order valence-corrected chi connectivity index (χ2v) is 7.93. The fourth-order valence-electron chi connectivity index (χ4n) is 4.37. The van der Waals surface area contributed by atoms with Crippen LogP contribution >= 0.6 is 0 Å². The lowest BCUT2D eigenvalue weighted by atomic mass is 9.83. The number of hydrogen-bond donors (Lipinski definition) is 2. The van der Waals surface area contributed by atoms with Crippen LogP contribution in [0.5, 0.6) is 0 Å². The summed E-state index contributed by atoms with van der Waals surface area (Å²) in [4.78, 5) is 7.54. The van der Waals surface area contributed by atoms with Gasteiger partial charge in [0, 0.05) is 39.9 Å². The molecule has 1 atom stereocenters. The molecule has 2 fully saturated rings. The second kappa shape index (κ2) is 11.0. The molecule has 2 N–H and O–H groups in total. The molecule has 0 aromatic rings. The predicted octanol–water partition coefficient (Wildman–Crippen LogP) is 2.87. The molecule has 0 aromatic heterocycles. The van der Waals surface area contributed by atoms with Crippen LogP contribution in [0.3, 0.4) is 0 Å². The lowest BCUT2D eigenvalue weighted by molar-refractivity contribution is 0.141. The Bertz CT molecular complexity index is 393. The number of likely N-dealkylation sites (tertiary alicyclic amines) is 1. The molecule has 25 heavy (non-hydrogen) atoms. The van der Waals surface area contributed by atoms with Crippen LogP contribution in [-0.2, 0) is 4.74 Å². The fourth-order valence-corrected chi connectivity index (χ4v) is 4.37. The number of guanidine groups is 1. The highest BCUT2D eigenvalue weighted by atomic mass is 16.5. The van der Waals surface area contributed by atoms with Gasteiger partial charge >= 0.3 is 0 Å². The number of aliphatic imine (C=N–C) groups is 1. The molecule has 1 unspecified atom stereocenters. The molecular formula is C20H40N4O. The first-order valence-corrected chi connectivity index (χ1v) is 10.4. The number of nitrogens with one attached hydrogen (secondary N) is 2. The van der Waals surface area contributed by atoms with Crippen molar-refractivity contribution in [2.45, 2.75) is 58.8 Å². The largest absolute Gasteiger partial charge is 0.385 e. The van der Waals surface area contributed by atoms with Crippen molar-refractivity contribution in [2.75, 3.05) is 53.0 Å². The van der Waals surface area contributed by atoms with Gasteiger partial charge in [0.1, 0.15) is 0 Å². The van der Waals surface area contributed by atoms with Crippen LogP contribution < -0.4 is 10.6 Å². The molecule has 1 aliphatic heterocycles. The zero-order valence-corrected chi connectivity index (χ0v) is 16.8. The quantitative estimate of drug-likeness (QED) is 0.495. The lowest BCUT2D eigenvalue weighted by Gasteiger charge is -2.32. The van der Waals surface area contributed by atoms with E-state index in [1.807, 2.05) is 0 Å². The maximum Gasteiger partial charge on any atom is 0.191 e. The van der Waals surface area contributed by atoms with Crippen molar-refractivity contribution in [3.05, 3.63) is 0 Å². The molecule has 146 valence electrons. The van der Waals surface area contributed by atoms with E-state index in [1.54, 1.807) is 7.11 Å². The van der Waals surface area contributed by atoms with Crippen molar-refractivity contribution in [1.29, 1.82) is 0 Å². The molecule has 1 saturated carbocycles. The van der Waals surface area contributed by atoms with Gasteiger partial charge in [-0.3, -0.25) is 4.99 Å². The van der Waals surface area contributed by atoms with E-state index in [1.165, 1.54) is 58.2 Å². The first-order chi connectivity index (χ1) is 12.2. The van der Waals surface area contributed by atoms with Crippen LogP contribution in [-0.4, -0.2) is 63.8 Å². The third-order valence-electron chi connectivity index (χ3n) is 6.03. The van der Waals surface area contributed by atoms with E-state index in [4.69, 9.17) is 9.73 Å². The fraction of sp³-hybridized carbons (Fsp3) is 0.950. The van der Waals surface area contributed by atoms with Gasteiger partial charge < -0.3 is 20.3 Å². The van der Waals surface area contributed by atoms with Crippen LogP contribution in [0.15, 0.2) is 4.99 Å². The summed E-state index contributed by atoms with van der Waals surface area (Å²) >= 11 is 0. The normalized spacial score (nSPS) is 24.4. The zero-order valence-electron chi connectivity index (χ0n) is 16.8. The monoisotopic (exact) mass is 352 g/mol. The highest BCUT2D eigenvalue weighted by Gasteiger charge is 2.33. The van der Waals surface area contributed by atoms with Crippen molar-refractivity contribution in [3.63, 3.8) is 0 Å². The number of rotatable bonds is 9. The molecule has 2 aliphatic rings. The summed E-state index contributed by atoms with van der Waals surface area (Å²) in [6.45, 7) is 11.8. The minimum atomic E-state index is 0.363. The van der Waals surface area contributed by atoms with Crippen molar-refractivity contribution in [2.24, 2.45) is 16.3 Å². The van der Waals surface area contributed by atoms with E-state index in [2.05, 4.69) is 29.4 Å². The van der Waals surface area contributed by atoms with Gasteiger partial charge in [-0.15, -0.1) is 0 Å². The van der Waals surface area contributed by atoms with Crippen molar-refractivity contribution < 1.29 is 4.74 Å². The third kappa shape index (κ3) is 6.78. The van der Waals surface area contributed by atoms with E-state index in [0.717, 1.165) is 44.5 Å². The molecule has 0 radical (unpaired) electrons. The molecule has 1 saturated heterocycles. The summed E-state index contributed by atoms with van der Waals surface area (Å²) in [6, 6.07) is 0. The van der Waals surface area contributed by atoms with Gasteiger partial charge in [-0.05, 0) is 63.5 Å². The van der Waals surface area contributed by atoms with Crippen molar-refractivity contribution >= 4 is 5.96 Å². The van der Waals surface area contributed by atoms with E-state index < -0.39 is 0 Å². The number of hydrogen-bond acceptors (Lipinski definition) is 3. The number of nitrogens with zero attached hydrogens (tertiary/aromatic N) is 2. The minimum Gasteiger partial charge on any atom is -0.385 e. The molecule has 1 heterocycles. The highest BCUT2D eigenvalue weighted by molar-refractivity contribution is 5.79. The summed E-state index contributed by atoms with van der Waals surface area (Å²) in [5.41, 5.74) is 0.363. The van der Waals surface area contributed by atoms with E-state index in [9.17, 15) is 0 Å². The van der Waals surface area contributed by atoms with Gasteiger partial charge in [-0.2, -0.15) is 0 Å². The average Bonchev–Trinajstić information content (AvgIpc) is 3.11. The van der Waals surface area contributed by atoms with E-state index in [0.29, 0.717) is 5.41 Å². The first kappa shape index (κ1) is 20.5. The Balaban J connectivity index is 1.86. The maximum atomic E-state index is 5.35. The van der Waals surface area contributed by atoms with Gasteiger partial charge in [-0.25, -0.2) is 0 Å². The number of piperidine rings is 1. The Labute approximate surface area is 155 Å². The van der Waals surface area contributed by atoms with Gasteiger partial charge in [0.2, 0.25) is 0 Å². The molecule has 1 aliphatic carbocycles. The summed E-state index contributed by atoms with van der Waals surface area (Å²) in [7, 11) is 1.81. The minimum absolute atomic E-state index is 0.363. The van der Waals surface area contributed by atoms with Gasteiger partial charge in [-0.1, -0.05) is 19.8 Å². The molecular weight excluding hydrogens is 312 g/mol. The summed E-state index contributed by atoms with van der Waals surface area (Å²) < 4.78 is 5.35. The Morgan fingerprint density at radius 2 is 2.00 bits per heavy atom. The van der Waals surface area contributed by atoms with E-state index >= 15 is 0 Å². The van der Waals surface area contributed by atoms with E-state index in [-0.39, 0.29) is 0 Å². The second-order valence-electron chi connectivity index (χ2n) is 7.93. The predicted molar refractivity (Wildman–Crippen MR) is 106 cm³/mol. The maximum absolute atomic E-state index is 5.35. The molecule has 2 rings (SSSR count). The smallest absolute Gasteiger partial charge is 0.191 e. The standard InChI is InChI=1S/C20H40N4O/c1-4-21-19(22-15-18-9-8-13-24(5-2)16-18)23-17-20(12-14-25-3)10-6-7-11-20/h18H,4-17H2,1-3H3,(H2,21,22,23). The van der Waals surface area contributed by atoms with Gasteiger partial charge in [0.25, 0.3) is 0 Å². The summed E-state index contributed by atoms with van der Waals surface area (Å²) in [5, 5.41) is 7.05. The molecule has 0 amide bonds. The van der Waals surface area contributed by atoms with Crippen LogP contribution in [0.4, 0.5) is 0 Å². The Morgan fingerprint density at radius 3 is 2.68 bits per heavy atom. The molecule has 5 heteroatoms. The van der Waals surface area contributed by atoms with Crippen LogP contribution in [0.2, 0.25) is 0 Å². The Morgan fingerprint density at radius 1 is 1.20 bits per heavy atom. The average molecular weight is 353 g/mol. The molecule has 0 bridgehead atoms. The van der Waals surface area contributed by atoms with Gasteiger partial charge in [0.05, 0.1) is 0 Å². The number of methoxy groups -OCH3 is 1. The SMILES string of the molecule is CCNC(=NCC1(CCOC)CCCC1)NCC1CCCN(CC)C1. The van der Waals surface area contributed by atoms with Crippen molar-refractivity contribution in [1.82, 2.24) is 15.5 Å². The zero-order chi connectivity index (χ0) is 18.0. The van der Waals surface area contributed by atoms with Crippen LogP contribution in [0.1, 0.15) is 58.8 Å². The van der Waals surface area contributed by atoms with Crippen LogP contribution in [0.25, 0.3) is 0 Å². The van der Waals surface area contributed by atoms with Crippen molar-refractivity contribution in [3.8, 4) is 0 Å². The number of ether oxygens (including phenoxy) is 1. The topological polar surface area (TPSA) is 48.9 Å². The molecule has 0 aromatic carbocycles. The summed E-state index contributed by atoms with van der Waals surface area (Å²) in [5.74, 6) is 1.74. The summed E-state index contributed by atoms with van der Waals surface area (Å²) in [6.07, 6.45) is 9.09. The van der Waals surface area contributed by atoms with Gasteiger partial charge in [0.15, 0.2) is 5.96 Å². The lowest BCUT2D eigenvalue weighted by Crippen LogP contribution is -2.44. The highest BCUT2D eigenvalue weighted by Crippen LogP contribution is 2.41. The Kier molecular flexibility index (Phi) is 9.04. The molecule has 0 spiro atoms. The Hall–Kier alpha value is -0.810. The van der Waals surface area contributed by atoms with Crippen LogP contribution in [0, 0.1) is 11.3 Å².